The summed E-state index contributed by atoms with van der Waals surface area (Å²) < 4.78 is 32.3. The number of sulfonamides is 1. The summed E-state index contributed by atoms with van der Waals surface area (Å²) in [7, 11) is -2.02. The van der Waals surface area contributed by atoms with Crippen LogP contribution in [-0.4, -0.2) is 43.8 Å². The molecule has 0 unspecified atom stereocenters. The second-order valence-corrected chi connectivity index (χ2v) is 11.1. The smallest absolute Gasteiger partial charge is 0.243 e. The van der Waals surface area contributed by atoms with Crippen molar-refractivity contribution in [3.8, 4) is 5.75 Å². The van der Waals surface area contributed by atoms with E-state index >= 15 is 0 Å². The molecule has 1 atom stereocenters. The fraction of sp³-hybridized carbons (Fsp3) is 0.524. The first kappa shape index (κ1) is 21.3. The topological polar surface area (TPSA) is 88.6 Å². The minimum atomic E-state index is -3.57. The molecule has 0 radical (unpaired) electrons. The van der Waals surface area contributed by atoms with Gasteiger partial charge in [-0.15, -0.1) is 11.3 Å². The maximum atomic E-state index is 12.9. The number of fused-ring (bicyclic) bond motifs is 1. The van der Waals surface area contributed by atoms with Gasteiger partial charge in [0.1, 0.15) is 5.75 Å². The van der Waals surface area contributed by atoms with Gasteiger partial charge in [0.15, 0.2) is 5.13 Å². The molecule has 1 aromatic heterocycles. The number of anilines is 1. The number of thiazole rings is 1. The molecule has 1 amide bonds. The van der Waals surface area contributed by atoms with Gasteiger partial charge in [-0.1, -0.05) is 6.92 Å². The van der Waals surface area contributed by atoms with E-state index in [1.54, 1.807) is 42.7 Å². The molecule has 30 heavy (non-hydrogen) atoms. The first-order valence-corrected chi connectivity index (χ1v) is 12.6. The average Bonchev–Trinajstić information content (AvgIpc) is 3.15. The lowest BCUT2D eigenvalue weighted by Gasteiger charge is -2.30. The Morgan fingerprint density at radius 3 is 2.57 bits per heavy atom. The van der Waals surface area contributed by atoms with Crippen molar-refractivity contribution in [1.29, 1.82) is 0 Å². The van der Waals surface area contributed by atoms with Crippen LogP contribution in [-0.2, 0) is 27.7 Å². The summed E-state index contributed by atoms with van der Waals surface area (Å²) in [5, 5.41) is 3.64. The molecule has 0 saturated carbocycles. The Balaban J connectivity index is 1.35. The molecule has 2 aromatic rings. The fourth-order valence-electron chi connectivity index (χ4n) is 4.06. The highest BCUT2D eigenvalue weighted by molar-refractivity contribution is 7.89. The number of amides is 1. The number of hydrogen-bond donors (Lipinski definition) is 1. The highest BCUT2D eigenvalue weighted by Crippen LogP contribution is 2.33. The summed E-state index contributed by atoms with van der Waals surface area (Å²) in [5.41, 5.74) is 1.12. The Kier molecular flexibility index (Phi) is 6.13. The van der Waals surface area contributed by atoms with Crippen molar-refractivity contribution >= 4 is 32.4 Å². The summed E-state index contributed by atoms with van der Waals surface area (Å²) in [4.78, 5) is 18.8. The monoisotopic (exact) mass is 449 g/mol. The number of piperidine rings is 1. The van der Waals surface area contributed by atoms with Gasteiger partial charge in [-0.3, -0.25) is 4.79 Å². The molecule has 2 heterocycles. The van der Waals surface area contributed by atoms with Crippen LogP contribution >= 0.6 is 11.3 Å². The van der Waals surface area contributed by atoms with E-state index in [9.17, 15) is 13.2 Å². The van der Waals surface area contributed by atoms with Crippen molar-refractivity contribution in [2.45, 2.75) is 43.9 Å². The summed E-state index contributed by atoms with van der Waals surface area (Å²) >= 11 is 1.58. The van der Waals surface area contributed by atoms with Gasteiger partial charge >= 0.3 is 0 Å². The minimum Gasteiger partial charge on any atom is -0.497 e. The van der Waals surface area contributed by atoms with Gasteiger partial charge in [0, 0.05) is 23.9 Å². The lowest BCUT2D eigenvalue weighted by atomic mass is 9.93. The van der Waals surface area contributed by atoms with Crippen molar-refractivity contribution in [3.05, 3.63) is 34.8 Å². The Bertz CT molecular complexity index is 1010. The van der Waals surface area contributed by atoms with E-state index in [1.165, 1.54) is 9.18 Å². The summed E-state index contributed by atoms with van der Waals surface area (Å²) in [6.07, 6.45) is 4.16. The van der Waals surface area contributed by atoms with Crippen LogP contribution < -0.4 is 10.1 Å². The molecule has 1 N–H and O–H groups in total. The Morgan fingerprint density at radius 1 is 1.20 bits per heavy atom. The summed E-state index contributed by atoms with van der Waals surface area (Å²) in [6, 6.07) is 6.39. The average molecular weight is 450 g/mol. The van der Waals surface area contributed by atoms with Gasteiger partial charge in [-0.25, -0.2) is 13.4 Å². The molecule has 1 fully saturated rings. The molecule has 0 bridgehead atoms. The number of hydrogen-bond acceptors (Lipinski definition) is 6. The van der Waals surface area contributed by atoms with Gasteiger partial charge in [-0.05, 0) is 62.3 Å². The number of ether oxygens (including phenoxy) is 1. The van der Waals surface area contributed by atoms with E-state index in [-0.39, 0.29) is 16.7 Å². The Labute approximate surface area is 181 Å². The van der Waals surface area contributed by atoms with Crippen LogP contribution in [0.25, 0.3) is 0 Å². The van der Waals surface area contributed by atoms with Gasteiger partial charge in [0.25, 0.3) is 0 Å². The highest BCUT2D eigenvalue weighted by Gasteiger charge is 2.32. The van der Waals surface area contributed by atoms with Gasteiger partial charge < -0.3 is 10.1 Å². The number of rotatable bonds is 5. The van der Waals surface area contributed by atoms with Crippen molar-refractivity contribution in [3.63, 3.8) is 0 Å². The van der Waals surface area contributed by atoms with Crippen LogP contribution in [0.15, 0.2) is 29.2 Å². The third kappa shape index (κ3) is 4.38. The third-order valence-electron chi connectivity index (χ3n) is 5.94. The second-order valence-electron chi connectivity index (χ2n) is 8.08. The Morgan fingerprint density at radius 2 is 1.90 bits per heavy atom. The van der Waals surface area contributed by atoms with Crippen molar-refractivity contribution in [2.75, 3.05) is 25.5 Å². The van der Waals surface area contributed by atoms with Gasteiger partial charge in [0.05, 0.1) is 17.7 Å². The van der Waals surface area contributed by atoms with Crippen LogP contribution in [0.4, 0.5) is 5.13 Å². The maximum Gasteiger partial charge on any atom is 0.243 e. The zero-order valence-corrected chi connectivity index (χ0v) is 18.9. The molecular formula is C21H27N3O4S2. The van der Waals surface area contributed by atoms with Crippen LogP contribution in [0.3, 0.4) is 0 Å². The summed E-state index contributed by atoms with van der Waals surface area (Å²) in [6.45, 7) is 2.91. The lowest BCUT2D eigenvalue weighted by molar-refractivity contribution is -0.120. The van der Waals surface area contributed by atoms with Crippen molar-refractivity contribution < 1.29 is 17.9 Å². The Hall–Kier alpha value is -1.97. The van der Waals surface area contributed by atoms with Crippen LogP contribution in [0, 0.1) is 11.8 Å². The van der Waals surface area contributed by atoms with E-state index in [4.69, 9.17) is 4.74 Å². The number of aromatic nitrogens is 1. The largest absolute Gasteiger partial charge is 0.497 e. The number of carbonyl (C=O) groups excluding carboxylic acids is 1. The number of aryl methyl sites for hydroxylation is 1. The molecule has 1 saturated heterocycles. The number of nitrogens with zero attached hydrogens (tertiary/aromatic N) is 2. The number of carbonyl (C=O) groups is 1. The minimum absolute atomic E-state index is 0.0596. The molecule has 7 nitrogen and oxygen atoms in total. The quantitative estimate of drug-likeness (QED) is 0.757. The molecule has 1 aliphatic heterocycles. The van der Waals surface area contributed by atoms with Crippen molar-refractivity contribution in [1.82, 2.24) is 9.29 Å². The van der Waals surface area contributed by atoms with Gasteiger partial charge in [-0.2, -0.15) is 4.31 Å². The van der Waals surface area contributed by atoms with Gasteiger partial charge in [0.2, 0.25) is 15.9 Å². The highest BCUT2D eigenvalue weighted by atomic mass is 32.2. The molecule has 9 heteroatoms. The number of nitrogens with one attached hydrogen (secondary N) is 1. The second kappa shape index (κ2) is 8.64. The standard InChI is InChI=1S/C21H27N3O4S2/c1-14-3-8-18-19(13-14)29-21(22-18)23-20(25)15-9-11-24(12-10-15)30(26,27)17-6-4-16(28-2)5-7-17/h4-7,14-15H,3,8-13H2,1-2H3,(H,22,23,25)/t14-/m1/s1. The molecule has 1 aromatic carbocycles. The third-order valence-corrected chi connectivity index (χ3v) is 8.89. The maximum absolute atomic E-state index is 12.9. The molecule has 2 aliphatic rings. The van der Waals surface area contributed by atoms with E-state index in [0.717, 1.165) is 25.0 Å². The van der Waals surface area contributed by atoms with Crippen LogP contribution in [0.5, 0.6) is 5.75 Å². The normalized spacial score (nSPS) is 20.5. The van der Waals surface area contributed by atoms with Crippen molar-refractivity contribution in [2.24, 2.45) is 11.8 Å². The van der Waals surface area contributed by atoms with E-state index in [0.29, 0.717) is 42.7 Å². The molecule has 162 valence electrons. The fourth-order valence-corrected chi connectivity index (χ4v) is 6.70. The lowest BCUT2D eigenvalue weighted by Crippen LogP contribution is -2.41. The summed E-state index contributed by atoms with van der Waals surface area (Å²) in [5.74, 6) is 1.02. The molecule has 4 rings (SSSR count). The molecule has 1 aliphatic carbocycles. The number of methoxy groups -OCH3 is 1. The predicted octanol–water partition coefficient (Wildman–Crippen LogP) is 3.32. The molecular weight excluding hydrogens is 422 g/mol. The predicted molar refractivity (Wildman–Crippen MR) is 116 cm³/mol. The first-order chi connectivity index (χ1) is 14.4. The molecule has 0 spiro atoms. The zero-order chi connectivity index (χ0) is 21.3. The zero-order valence-electron chi connectivity index (χ0n) is 17.3. The van der Waals surface area contributed by atoms with E-state index in [2.05, 4.69) is 17.2 Å². The SMILES string of the molecule is COc1ccc(S(=O)(=O)N2CCC(C(=O)Nc3nc4c(s3)C[C@H](C)CC4)CC2)cc1. The van der Waals surface area contributed by atoms with E-state index < -0.39 is 10.0 Å². The van der Waals surface area contributed by atoms with Crippen LogP contribution in [0.1, 0.15) is 36.8 Å². The van der Waals surface area contributed by atoms with E-state index in [1.807, 2.05) is 0 Å². The first-order valence-electron chi connectivity index (χ1n) is 10.3. The van der Waals surface area contributed by atoms with Crippen LogP contribution in [0.2, 0.25) is 0 Å². The number of benzene rings is 1.